The van der Waals surface area contributed by atoms with Crippen LogP contribution in [0.1, 0.15) is 87.7 Å². The number of pyridine rings is 1. The molecule has 1 unspecified atom stereocenters. The zero-order valence-electron chi connectivity index (χ0n) is 43.8. The van der Waals surface area contributed by atoms with Gasteiger partial charge < -0.3 is 54.7 Å². The summed E-state index contributed by atoms with van der Waals surface area (Å²) in [6, 6.07) is 22.0. The van der Waals surface area contributed by atoms with E-state index in [2.05, 4.69) is 50.4 Å². The van der Waals surface area contributed by atoms with E-state index >= 15 is 0 Å². The number of thiazole rings is 1. The first-order valence-corrected chi connectivity index (χ1v) is 27.3. The number of aromatic hydroxyl groups is 1. The van der Waals surface area contributed by atoms with Crippen LogP contribution >= 0.6 is 11.3 Å². The summed E-state index contributed by atoms with van der Waals surface area (Å²) in [6.45, 7) is 9.36. The smallest absolute Gasteiger partial charge is 0.254 e. The molecule has 4 aliphatic rings. The summed E-state index contributed by atoms with van der Waals surface area (Å²) in [5.74, 6) is 0.953. The van der Waals surface area contributed by atoms with E-state index in [-0.39, 0.29) is 79.3 Å². The van der Waals surface area contributed by atoms with E-state index in [1.54, 1.807) is 60.3 Å². The molecule has 78 heavy (non-hydrogen) atoms. The van der Waals surface area contributed by atoms with Gasteiger partial charge in [0.15, 0.2) is 23.2 Å². The van der Waals surface area contributed by atoms with Gasteiger partial charge in [-0.1, -0.05) is 50.2 Å². The highest BCUT2D eigenvalue weighted by molar-refractivity contribution is 7.13. The molecule has 5 aromatic heterocycles. The standard InChI is InChI=1S/C57H62N12O8S/c1-32(2)53(57(73)68-30-40(70)21-47(68)56(72)63-33(3)35-11-13-36(14-12-35)54-34(4)62-31-78-54)49-25-52(66-77-49)74-19-7-10-50-60-26-43(27-61-50)75-41-22-42(23-41)76-51-20-37(17-18-59-51)69-38-15-16-39(69)29-67(28-38)46-24-45(64-65-55(46)58)44-8-5-6-9-48(44)71/h5-14,17-18,20,24-27,31-33,38-42,47,53,70-71H,15-16,19,21-23,28-30H2,1-4H3,(H2,58,65)(H,63,72)/b10-7+/t33-,38+,39?,40+,41?,42?,47-,53+/m0/s1. The summed E-state index contributed by atoms with van der Waals surface area (Å²) in [7, 11) is 0. The number of para-hydroxylation sites is 1. The maximum Gasteiger partial charge on any atom is 0.254 e. The summed E-state index contributed by atoms with van der Waals surface area (Å²) in [5, 5.41) is 36.8. The lowest BCUT2D eigenvalue weighted by Gasteiger charge is -2.43. The van der Waals surface area contributed by atoms with Crippen molar-refractivity contribution in [1.82, 2.24) is 45.5 Å². The van der Waals surface area contributed by atoms with Gasteiger partial charge in [0.1, 0.15) is 36.5 Å². The fraction of sp³-hybridized carbons (Fsp3) is 0.386. The SMILES string of the molecule is Cc1ncsc1-c1ccc([C@H](C)NC(=O)[C@@H]2C[C@@H](O)CN2C(=O)[C@@H](c2cc(OC/C=C/c3ncc(OC4CC(Oc5cc(N6C7CC[C@@H]6CN(c6cc(-c8ccccc8O)nnc6N)C7)ccn5)C4)cn3)no2)C(C)C)cc1. The lowest BCUT2D eigenvalue weighted by Crippen LogP contribution is -2.54. The monoisotopic (exact) mass is 1070 g/mol. The van der Waals surface area contributed by atoms with Gasteiger partial charge in [0, 0.05) is 80.6 Å². The molecule has 4 fully saturated rings. The Morgan fingerprint density at radius 3 is 2.38 bits per heavy atom. The summed E-state index contributed by atoms with van der Waals surface area (Å²) in [5.41, 5.74) is 14.2. The first kappa shape index (κ1) is 51.9. The predicted octanol–water partition coefficient (Wildman–Crippen LogP) is 7.55. The summed E-state index contributed by atoms with van der Waals surface area (Å²) < 4.78 is 24.0. The number of rotatable bonds is 18. The maximum absolute atomic E-state index is 14.2. The van der Waals surface area contributed by atoms with Crippen LogP contribution in [0.5, 0.6) is 23.3 Å². The fourth-order valence-corrected chi connectivity index (χ4v) is 11.9. The number of aliphatic hydroxyl groups is 1. The van der Waals surface area contributed by atoms with E-state index in [0.717, 1.165) is 59.0 Å². The van der Waals surface area contributed by atoms with Crippen LogP contribution in [0.2, 0.25) is 0 Å². The van der Waals surface area contributed by atoms with E-state index in [1.165, 1.54) is 4.90 Å². The third-order valence-electron chi connectivity index (χ3n) is 15.1. The van der Waals surface area contributed by atoms with Crippen molar-refractivity contribution >= 4 is 46.4 Å². The van der Waals surface area contributed by atoms with E-state index in [4.69, 9.17) is 24.5 Å². The minimum absolute atomic E-state index is 0.0254. The Morgan fingerprint density at radius 1 is 0.897 bits per heavy atom. The van der Waals surface area contributed by atoms with Crippen molar-refractivity contribution in [2.24, 2.45) is 5.92 Å². The first-order valence-electron chi connectivity index (χ1n) is 26.4. The highest BCUT2D eigenvalue weighted by atomic mass is 32.1. The summed E-state index contributed by atoms with van der Waals surface area (Å²) >= 11 is 1.58. The second kappa shape index (κ2) is 22.4. The van der Waals surface area contributed by atoms with Gasteiger partial charge in [-0.05, 0) is 85.3 Å². The van der Waals surface area contributed by atoms with Crippen LogP contribution in [0.4, 0.5) is 17.2 Å². The van der Waals surface area contributed by atoms with Crippen molar-refractivity contribution in [3.05, 3.63) is 126 Å². The Morgan fingerprint density at radius 2 is 1.65 bits per heavy atom. The highest BCUT2D eigenvalue weighted by Gasteiger charge is 2.44. The molecule has 2 aromatic carbocycles. The van der Waals surface area contributed by atoms with Gasteiger partial charge in [0.05, 0.1) is 52.0 Å². The largest absolute Gasteiger partial charge is 0.507 e. The molecule has 1 aliphatic carbocycles. The number of nitrogens with one attached hydrogen (secondary N) is 1. The molecule has 0 spiro atoms. The minimum atomic E-state index is -0.857. The molecule has 8 heterocycles. The number of β-amino-alcohol motifs (C(OH)–C–C–N with tert-alkyl or cyclic N) is 1. The number of nitrogen functional groups attached to an aromatic ring is 1. The lowest BCUT2D eigenvalue weighted by molar-refractivity contribution is -0.141. The molecular weight excluding hydrogens is 1010 g/mol. The number of nitrogens with two attached hydrogens (primary N) is 1. The number of benzene rings is 2. The molecule has 6 atom stereocenters. The molecular formula is C57H62N12O8S. The van der Waals surface area contributed by atoms with Crippen molar-refractivity contribution in [3.63, 3.8) is 0 Å². The van der Waals surface area contributed by atoms with Crippen molar-refractivity contribution in [2.45, 2.75) is 108 Å². The van der Waals surface area contributed by atoms with Crippen LogP contribution in [0.15, 0.2) is 107 Å². The fourth-order valence-electron chi connectivity index (χ4n) is 11.0. The van der Waals surface area contributed by atoms with Crippen LogP contribution in [0, 0.1) is 12.8 Å². The van der Waals surface area contributed by atoms with Crippen molar-refractivity contribution in [1.29, 1.82) is 0 Å². The number of ether oxygens (including phenoxy) is 3. The number of phenols is 1. The number of anilines is 3. The summed E-state index contributed by atoms with van der Waals surface area (Å²) in [6.07, 6.45) is 11.2. The van der Waals surface area contributed by atoms with Crippen LogP contribution in [-0.2, 0) is 9.59 Å². The Labute approximate surface area is 455 Å². The van der Waals surface area contributed by atoms with Gasteiger partial charge in [-0.3, -0.25) is 9.59 Å². The second-order valence-corrected chi connectivity index (χ2v) is 21.7. The van der Waals surface area contributed by atoms with Crippen LogP contribution in [0.25, 0.3) is 27.8 Å². The second-order valence-electron chi connectivity index (χ2n) is 20.8. The van der Waals surface area contributed by atoms with Gasteiger partial charge in [-0.25, -0.2) is 19.9 Å². The molecule has 1 saturated carbocycles. The molecule has 2 bridgehead atoms. The molecule has 2 amide bonds. The number of phenolic OH excluding ortho intramolecular Hbond substituents is 1. The number of hydrogen-bond acceptors (Lipinski definition) is 19. The molecule has 0 radical (unpaired) electrons. The predicted molar refractivity (Wildman–Crippen MR) is 293 cm³/mol. The molecule has 3 aliphatic heterocycles. The number of fused-ring (bicyclic) bond motifs is 2. The van der Waals surface area contributed by atoms with Crippen molar-refractivity contribution < 1.29 is 38.5 Å². The van der Waals surface area contributed by atoms with Crippen LogP contribution < -0.4 is 35.1 Å². The normalized spacial score (nSPS) is 21.6. The summed E-state index contributed by atoms with van der Waals surface area (Å²) in [4.78, 5) is 53.0. The Bertz CT molecular complexity index is 3260. The van der Waals surface area contributed by atoms with E-state index in [1.807, 2.05) is 87.8 Å². The maximum atomic E-state index is 14.2. The minimum Gasteiger partial charge on any atom is -0.507 e. The van der Waals surface area contributed by atoms with Gasteiger partial charge in [-0.15, -0.1) is 21.5 Å². The van der Waals surface area contributed by atoms with E-state index in [9.17, 15) is 19.8 Å². The molecule has 3 saturated heterocycles. The van der Waals surface area contributed by atoms with Crippen molar-refractivity contribution in [3.8, 4) is 45.0 Å². The molecule has 20 nitrogen and oxygen atoms in total. The van der Waals surface area contributed by atoms with Crippen molar-refractivity contribution in [2.75, 3.05) is 41.8 Å². The number of aliphatic hydroxyl groups excluding tert-OH is 1. The van der Waals surface area contributed by atoms with Crippen LogP contribution in [0.3, 0.4) is 0 Å². The number of hydrogen-bond donors (Lipinski definition) is 4. The average Bonchev–Trinajstić information content (AvgIpc) is 4.28. The van der Waals surface area contributed by atoms with Gasteiger partial charge >= 0.3 is 0 Å². The molecule has 5 N–H and O–H groups in total. The Kier molecular flexibility index (Phi) is 14.9. The number of aromatic nitrogens is 7. The number of aryl methyl sites for hydroxylation is 1. The number of amides is 2. The highest BCUT2D eigenvalue weighted by Crippen LogP contribution is 2.41. The zero-order chi connectivity index (χ0) is 54.0. The van der Waals surface area contributed by atoms with Gasteiger partial charge in [0.25, 0.3) is 5.88 Å². The number of piperazine rings is 1. The third kappa shape index (κ3) is 11.2. The number of carbonyl (C=O) groups excluding carboxylic acids is 2. The van der Waals surface area contributed by atoms with Gasteiger partial charge in [0.2, 0.25) is 17.7 Å². The number of nitrogens with zero attached hydrogens (tertiary/aromatic N) is 10. The van der Waals surface area contributed by atoms with Gasteiger partial charge in [-0.2, -0.15) is 0 Å². The molecule has 7 aromatic rings. The molecule has 11 rings (SSSR count). The molecule has 21 heteroatoms. The molecule has 404 valence electrons. The van der Waals surface area contributed by atoms with E-state index in [0.29, 0.717) is 53.1 Å². The number of likely N-dealkylation sites (tertiary alicyclic amines) is 1. The lowest BCUT2D eigenvalue weighted by atomic mass is 9.91. The average molecular weight is 1080 g/mol. The Hall–Kier alpha value is -8.17. The Balaban J connectivity index is 0.623. The quantitative estimate of drug-likeness (QED) is 0.0647. The topological polar surface area (TPSA) is 253 Å². The van der Waals surface area contributed by atoms with E-state index < -0.39 is 18.1 Å². The number of carbonyl (C=O) groups is 2. The zero-order valence-corrected chi connectivity index (χ0v) is 44.6. The third-order valence-corrected chi connectivity index (χ3v) is 16.1. The first-order chi connectivity index (χ1) is 37.8. The van der Waals surface area contributed by atoms with Crippen LogP contribution in [-0.4, -0.2) is 125 Å².